The number of aryl methyl sites for hydroxylation is 1. The summed E-state index contributed by atoms with van der Waals surface area (Å²) in [6.45, 7) is 6.56. The van der Waals surface area contributed by atoms with E-state index in [1.54, 1.807) is 24.3 Å². The van der Waals surface area contributed by atoms with Gasteiger partial charge in [0.05, 0.1) is 35.4 Å². The number of aliphatic hydroxyl groups excluding tert-OH is 1. The van der Waals surface area contributed by atoms with E-state index in [4.69, 9.17) is 21.1 Å². The van der Waals surface area contributed by atoms with Crippen LogP contribution in [-0.2, 0) is 9.59 Å². The van der Waals surface area contributed by atoms with Crippen LogP contribution < -0.4 is 9.47 Å². The van der Waals surface area contributed by atoms with Crippen molar-refractivity contribution in [3.05, 3.63) is 63.7 Å². The zero-order valence-electron chi connectivity index (χ0n) is 20.4. The molecular weight excluding hydrogens is 456 g/mol. The summed E-state index contributed by atoms with van der Waals surface area (Å²) in [5.74, 6) is -0.808. The third-order valence-corrected chi connectivity index (χ3v) is 5.82. The highest BCUT2D eigenvalue weighted by molar-refractivity contribution is 6.46. The van der Waals surface area contributed by atoms with Crippen molar-refractivity contribution < 1.29 is 24.2 Å². The van der Waals surface area contributed by atoms with E-state index in [0.717, 1.165) is 5.56 Å². The number of hydrogen-bond acceptors (Lipinski definition) is 6. The zero-order valence-corrected chi connectivity index (χ0v) is 21.1. The molecular formula is C26H31ClN2O5. The summed E-state index contributed by atoms with van der Waals surface area (Å²) in [5.41, 5.74) is 1.73. The maximum atomic E-state index is 13.2. The van der Waals surface area contributed by atoms with Crippen molar-refractivity contribution in [3.63, 3.8) is 0 Å². The Morgan fingerprint density at radius 2 is 1.82 bits per heavy atom. The molecule has 8 heteroatoms. The lowest BCUT2D eigenvalue weighted by Crippen LogP contribution is -2.35. The number of amides is 1. The van der Waals surface area contributed by atoms with Crippen LogP contribution in [-0.4, -0.2) is 67.0 Å². The average Bonchev–Trinajstić information content (AvgIpc) is 3.01. The summed E-state index contributed by atoms with van der Waals surface area (Å²) in [6, 6.07) is 9.84. The van der Waals surface area contributed by atoms with Gasteiger partial charge in [-0.15, -0.1) is 0 Å². The van der Waals surface area contributed by atoms with Crippen molar-refractivity contribution in [3.8, 4) is 11.5 Å². The highest BCUT2D eigenvalue weighted by Crippen LogP contribution is 2.42. The third kappa shape index (κ3) is 5.21. The number of Topliss-reactive ketones (excluding diaryl/α,β-unsaturated/α-hetero) is 1. The number of rotatable bonds is 8. The number of nitrogens with zero attached hydrogens (tertiary/aromatic N) is 2. The first-order valence-electron chi connectivity index (χ1n) is 11.1. The quantitative estimate of drug-likeness (QED) is 0.338. The molecule has 1 unspecified atom stereocenters. The number of hydrogen-bond donors (Lipinski definition) is 1. The van der Waals surface area contributed by atoms with Crippen molar-refractivity contribution in [1.82, 2.24) is 9.80 Å². The Morgan fingerprint density at radius 3 is 2.38 bits per heavy atom. The first-order valence-corrected chi connectivity index (χ1v) is 11.5. The van der Waals surface area contributed by atoms with Gasteiger partial charge in [-0.1, -0.05) is 23.7 Å². The van der Waals surface area contributed by atoms with E-state index in [2.05, 4.69) is 0 Å². The van der Waals surface area contributed by atoms with Crippen LogP contribution in [0.3, 0.4) is 0 Å². The topological polar surface area (TPSA) is 79.3 Å². The lowest BCUT2D eigenvalue weighted by molar-refractivity contribution is -0.140. The van der Waals surface area contributed by atoms with Gasteiger partial charge in [-0.3, -0.25) is 9.59 Å². The molecule has 34 heavy (non-hydrogen) atoms. The van der Waals surface area contributed by atoms with E-state index >= 15 is 0 Å². The molecule has 7 nitrogen and oxygen atoms in total. The Labute approximate surface area is 205 Å². The van der Waals surface area contributed by atoms with Gasteiger partial charge in [-0.25, -0.2) is 0 Å². The van der Waals surface area contributed by atoms with E-state index in [9.17, 15) is 14.7 Å². The lowest BCUT2D eigenvalue weighted by Gasteiger charge is -2.27. The van der Waals surface area contributed by atoms with Crippen molar-refractivity contribution in [2.45, 2.75) is 32.9 Å². The monoisotopic (exact) mass is 486 g/mol. The Kier molecular flexibility index (Phi) is 7.89. The maximum Gasteiger partial charge on any atom is 0.295 e. The highest BCUT2D eigenvalue weighted by Gasteiger charge is 2.46. The molecule has 1 fully saturated rings. The van der Waals surface area contributed by atoms with Gasteiger partial charge in [0.15, 0.2) is 0 Å². The van der Waals surface area contributed by atoms with Crippen LogP contribution in [0.15, 0.2) is 42.0 Å². The number of aliphatic hydroxyl groups is 1. The fourth-order valence-electron chi connectivity index (χ4n) is 4.02. The number of carbonyl (C=O) groups is 2. The fourth-order valence-corrected chi connectivity index (χ4v) is 4.37. The van der Waals surface area contributed by atoms with E-state index in [0.29, 0.717) is 29.4 Å². The third-order valence-electron chi connectivity index (χ3n) is 5.54. The second-order valence-corrected chi connectivity index (χ2v) is 9.27. The molecule has 2 aromatic carbocycles. The summed E-state index contributed by atoms with van der Waals surface area (Å²) in [7, 11) is 5.22. The SMILES string of the molecule is COc1c(Cl)cc(C)cc1/C(O)=C1\C(=O)C(=O)N(CCN(C)C)C1c1ccc(OC(C)C)cc1. The van der Waals surface area contributed by atoms with Crippen molar-refractivity contribution >= 4 is 29.1 Å². The Morgan fingerprint density at radius 1 is 1.18 bits per heavy atom. The summed E-state index contributed by atoms with van der Waals surface area (Å²) < 4.78 is 11.1. The van der Waals surface area contributed by atoms with Crippen LogP contribution >= 0.6 is 11.6 Å². The Bertz CT molecular complexity index is 1110. The van der Waals surface area contributed by atoms with E-state index < -0.39 is 17.7 Å². The van der Waals surface area contributed by atoms with E-state index in [-0.39, 0.29) is 28.7 Å². The zero-order chi connectivity index (χ0) is 25.2. The van der Waals surface area contributed by atoms with Gasteiger partial charge in [0.25, 0.3) is 11.7 Å². The molecule has 0 bridgehead atoms. The fraction of sp³-hybridized carbons (Fsp3) is 0.385. The Hall–Kier alpha value is -3.03. The molecule has 0 radical (unpaired) electrons. The van der Waals surface area contributed by atoms with Crippen molar-refractivity contribution in [1.29, 1.82) is 0 Å². The summed E-state index contributed by atoms with van der Waals surface area (Å²) >= 11 is 6.34. The minimum atomic E-state index is -0.767. The molecule has 1 N–H and O–H groups in total. The molecule has 1 amide bonds. The number of likely N-dealkylation sites (N-methyl/N-ethyl adjacent to an activating group) is 1. The van der Waals surface area contributed by atoms with Gasteiger partial charge >= 0.3 is 0 Å². The van der Waals surface area contributed by atoms with E-state index in [1.165, 1.54) is 12.0 Å². The molecule has 182 valence electrons. The smallest absolute Gasteiger partial charge is 0.295 e. The van der Waals surface area contributed by atoms with Crippen LogP contribution in [0.2, 0.25) is 5.02 Å². The molecule has 0 aromatic heterocycles. The Balaban J connectivity index is 2.19. The molecule has 1 aliphatic heterocycles. The number of ketones is 1. The molecule has 1 saturated heterocycles. The number of likely N-dealkylation sites (tertiary alicyclic amines) is 1. The number of benzene rings is 2. The van der Waals surface area contributed by atoms with Crippen molar-refractivity contribution in [2.24, 2.45) is 0 Å². The van der Waals surface area contributed by atoms with Gasteiger partial charge in [0.2, 0.25) is 0 Å². The lowest BCUT2D eigenvalue weighted by atomic mass is 9.94. The molecule has 1 atom stereocenters. The number of carbonyl (C=O) groups excluding carboxylic acids is 2. The first kappa shape index (κ1) is 25.6. The van der Waals surface area contributed by atoms with Crippen LogP contribution in [0.25, 0.3) is 5.76 Å². The normalized spacial score (nSPS) is 17.7. The summed E-state index contributed by atoms with van der Waals surface area (Å²) in [5, 5.41) is 11.7. The average molecular weight is 487 g/mol. The van der Waals surface area contributed by atoms with Gasteiger partial charge in [-0.05, 0) is 70.3 Å². The minimum Gasteiger partial charge on any atom is -0.507 e. The number of ether oxygens (including phenoxy) is 2. The van der Waals surface area contributed by atoms with Crippen LogP contribution in [0, 0.1) is 6.92 Å². The van der Waals surface area contributed by atoms with Crippen molar-refractivity contribution in [2.75, 3.05) is 34.3 Å². The predicted molar refractivity (Wildman–Crippen MR) is 133 cm³/mol. The largest absolute Gasteiger partial charge is 0.507 e. The first-order chi connectivity index (χ1) is 16.0. The molecule has 3 rings (SSSR count). The number of halogens is 1. The molecule has 0 saturated carbocycles. The predicted octanol–water partition coefficient (Wildman–Crippen LogP) is 4.43. The summed E-state index contributed by atoms with van der Waals surface area (Å²) in [6.07, 6.45) is 0.00936. The maximum absolute atomic E-state index is 13.2. The second-order valence-electron chi connectivity index (χ2n) is 8.86. The molecule has 1 heterocycles. The minimum absolute atomic E-state index is 0.00116. The van der Waals surface area contributed by atoms with Gasteiger partial charge in [-0.2, -0.15) is 0 Å². The van der Waals surface area contributed by atoms with Gasteiger partial charge < -0.3 is 24.4 Å². The van der Waals surface area contributed by atoms with Crippen LogP contribution in [0.5, 0.6) is 11.5 Å². The van der Waals surface area contributed by atoms with Crippen LogP contribution in [0.4, 0.5) is 0 Å². The molecule has 1 aliphatic rings. The molecule has 2 aromatic rings. The van der Waals surface area contributed by atoms with Crippen LogP contribution in [0.1, 0.15) is 36.6 Å². The highest BCUT2D eigenvalue weighted by atomic mass is 35.5. The van der Waals surface area contributed by atoms with E-state index in [1.807, 2.05) is 51.9 Å². The molecule has 0 aliphatic carbocycles. The number of methoxy groups -OCH3 is 1. The molecule has 0 spiro atoms. The standard InChI is InChI=1S/C26H31ClN2O5/c1-15(2)34-18-9-7-17(8-10-18)22-21(24(31)26(32)29(22)12-11-28(4)5)23(30)19-13-16(3)14-20(27)25(19)33-6/h7-10,13-15,22,30H,11-12H2,1-6H3/b23-21+. The second kappa shape index (κ2) is 10.5. The van der Waals surface area contributed by atoms with Gasteiger partial charge in [0, 0.05) is 13.1 Å². The van der Waals surface area contributed by atoms with Gasteiger partial charge in [0.1, 0.15) is 17.3 Å². The summed E-state index contributed by atoms with van der Waals surface area (Å²) in [4.78, 5) is 29.7.